The van der Waals surface area contributed by atoms with E-state index in [0.717, 1.165) is 10.5 Å². The number of para-hydroxylation sites is 1. The van der Waals surface area contributed by atoms with E-state index in [4.69, 9.17) is 11.6 Å². The van der Waals surface area contributed by atoms with Gasteiger partial charge in [-0.15, -0.1) is 0 Å². The molecule has 0 saturated heterocycles. The number of rotatable bonds is 5. The van der Waals surface area contributed by atoms with Crippen molar-refractivity contribution in [2.75, 3.05) is 4.90 Å². The molecule has 0 atom stereocenters. The first kappa shape index (κ1) is 22.6. The van der Waals surface area contributed by atoms with Crippen LogP contribution in [0.15, 0.2) is 83.9 Å². The van der Waals surface area contributed by atoms with Crippen molar-refractivity contribution < 1.29 is 14.2 Å². The van der Waals surface area contributed by atoms with Crippen molar-refractivity contribution in [3.8, 4) is 5.69 Å². The van der Waals surface area contributed by atoms with Crippen molar-refractivity contribution in [3.63, 3.8) is 0 Å². The summed E-state index contributed by atoms with van der Waals surface area (Å²) in [6.07, 6.45) is 3.91. The number of hydrogen-bond donors (Lipinski definition) is 1. The van der Waals surface area contributed by atoms with E-state index in [9.17, 15) is 14.4 Å². The minimum absolute atomic E-state index is 0.0540. The number of nitrogens with one attached hydrogen (secondary N) is 1. The molecule has 35 heavy (non-hydrogen) atoms. The van der Waals surface area contributed by atoms with Crippen molar-refractivity contribution in [3.05, 3.63) is 111 Å². The number of carbonyl (C=O) groups is 2. The Balaban J connectivity index is 1.79. The molecule has 2 amide bonds. The van der Waals surface area contributed by atoms with Crippen LogP contribution in [-0.4, -0.2) is 21.6 Å². The van der Waals surface area contributed by atoms with Crippen molar-refractivity contribution in [1.29, 1.82) is 0 Å². The molecule has 5 rings (SSSR count). The normalized spacial score (nSPS) is 13.7. The Labute approximate surface area is 206 Å². The van der Waals surface area contributed by atoms with Gasteiger partial charge in [0.05, 0.1) is 16.9 Å². The van der Waals surface area contributed by atoms with Crippen LogP contribution in [0.25, 0.3) is 17.0 Å². The lowest BCUT2D eigenvalue weighted by atomic mass is 10.0. The topological polar surface area (TPSA) is 79.1 Å². The highest BCUT2D eigenvalue weighted by Crippen LogP contribution is 2.34. The molecule has 0 saturated carbocycles. The highest BCUT2D eigenvalue weighted by Gasteiger charge is 2.48. The fourth-order valence-electron chi connectivity index (χ4n) is 4.32. The summed E-state index contributed by atoms with van der Waals surface area (Å²) in [6.45, 7) is 3.78. The first-order valence-electron chi connectivity index (χ1n) is 11.2. The van der Waals surface area contributed by atoms with Crippen LogP contribution in [0.2, 0.25) is 5.02 Å². The van der Waals surface area contributed by atoms with E-state index in [1.54, 1.807) is 59.4 Å². The number of carbonyl (C=O) groups excluding carboxylic acids is 2. The number of aryl methyl sites for hydroxylation is 2. The number of hydrogen-bond acceptors (Lipinski definition) is 3. The summed E-state index contributed by atoms with van der Waals surface area (Å²) in [5.41, 5.74) is 2.38. The third kappa shape index (κ3) is 3.80. The predicted octanol–water partition coefficient (Wildman–Crippen LogP) is 3.92. The second kappa shape index (κ2) is 8.85. The zero-order valence-electron chi connectivity index (χ0n) is 19.2. The molecule has 0 aliphatic carbocycles. The van der Waals surface area contributed by atoms with Crippen LogP contribution in [0.4, 0.5) is 5.69 Å². The summed E-state index contributed by atoms with van der Waals surface area (Å²) in [4.78, 5) is 42.5. The van der Waals surface area contributed by atoms with Crippen LogP contribution in [0.3, 0.4) is 0 Å². The summed E-state index contributed by atoms with van der Waals surface area (Å²) >= 11 is 6.16. The van der Waals surface area contributed by atoms with E-state index in [1.807, 2.05) is 38.1 Å². The van der Waals surface area contributed by atoms with Gasteiger partial charge >= 0.3 is 5.91 Å². The van der Waals surface area contributed by atoms with Gasteiger partial charge in [0.15, 0.2) is 12.4 Å². The summed E-state index contributed by atoms with van der Waals surface area (Å²) < 4.78 is 3.01. The molecule has 0 radical (unpaired) electrons. The zero-order valence-corrected chi connectivity index (χ0v) is 19.9. The molecule has 0 unspecified atom stereocenters. The molecule has 2 aromatic heterocycles. The lowest BCUT2D eigenvalue weighted by molar-refractivity contribution is -0.577. The van der Waals surface area contributed by atoms with Gasteiger partial charge in [-0.2, -0.15) is 4.57 Å². The maximum Gasteiger partial charge on any atom is 0.331 e. The van der Waals surface area contributed by atoms with Crippen molar-refractivity contribution >= 4 is 40.4 Å². The van der Waals surface area contributed by atoms with Gasteiger partial charge in [0.2, 0.25) is 0 Å². The number of imide groups is 1. The minimum Gasteiger partial charge on any atom is -0.294 e. The molecule has 174 valence electrons. The monoisotopic (exact) mass is 485 g/mol. The Morgan fingerprint density at radius 3 is 2.34 bits per heavy atom. The highest BCUT2D eigenvalue weighted by atomic mass is 35.5. The smallest absolute Gasteiger partial charge is 0.294 e. The molecule has 3 heterocycles. The van der Waals surface area contributed by atoms with E-state index in [-0.39, 0.29) is 16.8 Å². The summed E-state index contributed by atoms with van der Waals surface area (Å²) in [6, 6.07) is 19.3. The second-order valence-electron chi connectivity index (χ2n) is 8.23. The second-order valence-corrected chi connectivity index (χ2v) is 8.67. The molecule has 1 aliphatic rings. The summed E-state index contributed by atoms with van der Waals surface area (Å²) in [5, 5.41) is 3.53. The SMILES string of the molecule is CCc1[nH]n(-c2ccccc2)c(=O)c1C1=C([n+]2cccc(C)c2)C(=O)N(c2cccc(Cl)c2)C1=O. The number of aromatic nitrogens is 3. The van der Waals surface area contributed by atoms with Gasteiger partial charge in [-0.1, -0.05) is 42.8 Å². The zero-order chi connectivity index (χ0) is 24.7. The number of amides is 2. The first-order valence-corrected chi connectivity index (χ1v) is 11.5. The Morgan fingerprint density at radius 2 is 1.66 bits per heavy atom. The average molecular weight is 486 g/mol. The van der Waals surface area contributed by atoms with E-state index in [1.165, 1.54) is 4.68 Å². The van der Waals surface area contributed by atoms with Gasteiger partial charge < -0.3 is 0 Å². The largest absolute Gasteiger partial charge is 0.331 e. The van der Waals surface area contributed by atoms with Crippen LogP contribution in [0.1, 0.15) is 23.7 Å². The molecule has 8 heteroatoms. The van der Waals surface area contributed by atoms with Gasteiger partial charge in [0.1, 0.15) is 5.57 Å². The standard InChI is InChI=1S/C27H21ClN4O3/c1-3-21-22(26(34)32(29-21)19-11-5-4-6-12-19)23-24(30-14-8-9-17(2)16-30)27(35)31(25(23)33)20-13-7-10-18(28)15-20/h4-16H,3H2,1-2H3/p+1. The molecule has 0 bridgehead atoms. The van der Waals surface area contributed by atoms with Crippen LogP contribution in [-0.2, 0) is 16.0 Å². The highest BCUT2D eigenvalue weighted by molar-refractivity contribution is 6.53. The van der Waals surface area contributed by atoms with Crippen molar-refractivity contribution in [2.45, 2.75) is 20.3 Å². The number of anilines is 1. The lowest BCUT2D eigenvalue weighted by Gasteiger charge is -2.14. The number of pyridine rings is 1. The van der Waals surface area contributed by atoms with E-state index >= 15 is 0 Å². The molecule has 7 nitrogen and oxygen atoms in total. The van der Waals surface area contributed by atoms with E-state index in [0.29, 0.717) is 28.5 Å². The fraction of sp³-hybridized carbons (Fsp3) is 0.111. The maximum absolute atomic E-state index is 13.9. The van der Waals surface area contributed by atoms with Crippen molar-refractivity contribution in [2.24, 2.45) is 0 Å². The third-order valence-corrected chi connectivity index (χ3v) is 6.15. The van der Waals surface area contributed by atoms with Crippen molar-refractivity contribution in [1.82, 2.24) is 9.78 Å². The molecule has 2 aromatic carbocycles. The number of nitrogens with zero attached hydrogens (tertiary/aromatic N) is 3. The van der Waals surface area contributed by atoms with Gasteiger partial charge in [0.25, 0.3) is 17.2 Å². The molecule has 0 spiro atoms. The lowest BCUT2D eigenvalue weighted by Crippen LogP contribution is -2.39. The minimum atomic E-state index is -0.577. The Morgan fingerprint density at radius 1 is 0.914 bits per heavy atom. The fourth-order valence-corrected chi connectivity index (χ4v) is 4.50. The van der Waals surface area contributed by atoms with Crippen LogP contribution in [0, 0.1) is 6.92 Å². The molecule has 0 fully saturated rings. The number of H-pyrrole nitrogens is 1. The molecule has 1 N–H and O–H groups in total. The number of halogens is 1. The first-order chi connectivity index (χ1) is 16.9. The van der Waals surface area contributed by atoms with Gasteiger partial charge in [-0.05, 0) is 49.7 Å². The number of aromatic amines is 1. The van der Waals surface area contributed by atoms with Gasteiger partial charge in [-0.25, -0.2) is 9.58 Å². The third-order valence-electron chi connectivity index (χ3n) is 5.92. The molecular weight excluding hydrogens is 464 g/mol. The predicted molar refractivity (Wildman–Crippen MR) is 134 cm³/mol. The van der Waals surface area contributed by atoms with Gasteiger partial charge in [0, 0.05) is 22.3 Å². The van der Waals surface area contributed by atoms with Gasteiger partial charge in [-0.3, -0.25) is 19.5 Å². The summed E-state index contributed by atoms with van der Waals surface area (Å²) in [5.74, 6) is -1.11. The molecule has 4 aromatic rings. The molecule has 1 aliphatic heterocycles. The van der Waals surface area contributed by atoms with E-state index < -0.39 is 17.4 Å². The van der Waals surface area contributed by atoms with E-state index in [2.05, 4.69) is 5.10 Å². The Kier molecular flexibility index (Phi) is 5.70. The van der Waals surface area contributed by atoms with Crippen LogP contribution in [0.5, 0.6) is 0 Å². The van der Waals surface area contributed by atoms with Crippen LogP contribution >= 0.6 is 11.6 Å². The van der Waals surface area contributed by atoms with Crippen LogP contribution < -0.4 is 15.0 Å². The Hall–Kier alpha value is -4.23. The Bertz CT molecular complexity index is 1570. The molecular formula is C27H22ClN4O3+. The quantitative estimate of drug-likeness (QED) is 0.344. The average Bonchev–Trinajstić information content (AvgIpc) is 3.31. The maximum atomic E-state index is 13.9. The summed E-state index contributed by atoms with van der Waals surface area (Å²) in [7, 11) is 0. The number of benzene rings is 2.